The molecule has 0 spiro atoms. The summed E-state index contributed by atoms with van der Waals surface area (Å²) < 4.78 is 0. The van der Waals surface area contributed by atoms with Crippen LogP contribution < -0.4 is 9.80 Å². The van der Waals surface area contributed by atoms with E-state index < -0.39 is 0 Å². The van der Waals surface area contributed by atoms with Gasteiger partial charge in [0.1, 0.15) is 12.1 Å². The average Bonchev–Trinajstić information content (AvgIpc) is 2.68. The molecule has 0 saturated carbocycles. The Morgan fingerprint density at radius 2 is 1.65 bits per heavy atom. The van der Waals surface area contributed by atoms with E-state index in [2.05, 4.69) is 39.6 Å². The van der Waals surface area contributed by atoms with Crippen molar-refractivity contribution in [3.8, 4) is 0 Å². The third-order valence-electron chi connectivity index (χ3n) is 5.25. The van der Waals surface area contributed by atoms with Crippen molar-refractivity contribution in [3.63, 3.8) is 0 Å². The van der Waals surface area contributed by atoms with Gasteiger partial charge in [-0.15, -0.1) is 0 Å². The van der Waals surface area contributed by atoms with E-state index in [1.165, 1.54) is 0 Å². The fourth-order valence-corrected chi connectivity index (χ4v) is 3.75. The summed E-state index contributed by atoms with van der Waals surface area (Å²) in [6.07, 6.45) is 8.84. The molecule has 0 bridgehead atoms. The molecular weight excluding hydrogens is 328 g/mol. The molecule has 8 heteroatoms. The average molecular weight is 348 g/mol. The van der Waals surface area contributed by atoms with Gasteiger partial charge in [-0.3, -0.25) is 9.88 Å². The third-order valence-corrected chi connectivity index (χ3v) is 5.25. The van der Waals surface area contributed by atoms with Crippen molar-refractivity contribution in [2.24, 2.45) is 0 Å². The first-order valence-electron chi connectivity index (χ1n) is 8.94. The molecule has 3 aromatic rings. The van der Waals surface area contributed by atoms with E-state index in [1.54, 1.807) is 31.1 Å². The van der Waals surface area contributed by atoms with Crippen molar-refractivity contribution >= 4 is 22.7 Å². The molecule has 2 saturated heterocycles. The molecule has 0 aliphatic carbocycles. The Hall–Kier alpha value is -2.87. The van der Waals surface area contributed by atoms with E-state index in [9.17, 15) is 0 Å². The molecule has 0 aromatic carbocycles. The van der Waals surface area contributed by atoms with Crippen LogP contribution in [0.15, 0.2) is 43.2 Å². The van der Waals surface area contributed by atoms with Crippen LogP contribution in [0.25, 0.3) is 10.9 Å². The summed E-state index contributed by atoms with van der Waals surface area (Å²) in [5.74, 6) is 1.86. The van der Waals surface area contributed by atoms with Crippen LogP contribution in [0, 0.1) is 0 Å². The monoisotopic (exact) mass is 348 g/mol. The first kappa shape index (κ1) is 15.4. The minimum absolute atomic E-state index is 0.584. The van der Waals surface area contributed by atoms with Gasteiger partial charge in [-0.1, -0.05) is 0 Å². The highest BCUT2D eigenvalue weighted by Crippen LogP contribution is 2.28. The number of rotatable bonds is 3. The highest BCUT2D eigenvalue weighted by molar-refractivity contribution is 5.88. The van der Waals surface area contributed by atoms with Crippen LogP contribution in [0.1, 0.15) is 0 Å². The lowest BCUT2D eigenvalue weighted by atomic mass is 10.1. The second-order valence-electron chi connectivity index (χ2n) is 6.72. The summed E-state index contributed by atoms with van der Waals surface area (Å²) in [5, 5.41) is 1.08. The summed E-state index contributed by atoms with van der Waals surface area (Å²) in [5.41, 5.74) is 0.900. The fraction of sp³-hybridized carbons (Fsp3) is 0.389. The maximum absolute atomic E-state index is 4.50. The van der Waals surface area contributed by atoms with Crippen LogP contribution in [0.5, 0.6) is 0 Å². The summed E-state index contributed by atoms with van der Waals surface area (Å²) in [7, 11) is 0. The zero-order valence-corrected chi connectivity index (χ0v) is 14.4. The molecule has 132 valence electrons. The van der Waals surface area contributed by atoms with Crippen LogP contribution in [0.3, 0.4) is 0 Å². The highest BCUT2D eigenvalue weighted by Gasteiger charge is 2.35. The molecule has 5 heterocycles. The lowest BCUT2D eigenvalue weighted by Crippen LogP contribution is -2.63. The number of pyridine rings is 1. The van der Waals surface area contributed by atoms with Crippen LogP contribution in [0.4, 0.5) is 11.8 Å². The summed E-state index contributed by atoms with van der Waals surface area (Å²) in [6, 6.07) is 4.44. The van der Waals surface area contributed by atoms with E-state index in [-0.39, 0.29) is 0 Å². The smallest absolute Gasteiger partial charge is 0.225 e. The van der Waals surface area contributed by atoms with Gasteiger partial charge in [0.25, 0.3) is 0 Å². The molecule has 8 nitrogen and oxygen atoms in total. The van der Waals surface area contributed by atoms with Gasteiger partial charge in [0.15, 0.2) is 0 Å². The van der Waals surface area contributed by atoms with E-state index in [0.717, 1.165) is 61.9 Å². The molecule has 5 rings (SSSR count). The van der Waals surface area contributed by atoms with E-state index in [1.807, 2.05) is 12.1 Å². The van der Waals surface area contributed by atoms with Gasteiger partial charge >= 0.3 is 0 Å². The lowest BCUT2D eigenvalue weighted by Gasteiger charge is -2.48. The highest BCUT2D eigenvalue weighted by atomic mass is 15.4. The predicted molar refractivity (Wildman–Crippen MR) is 99.2 cm³/mol. The maximum atomic E-state index is 4.50. The summed E-state index contributed by atoms with van der Waals surface area (Å²) in [4.78, 5) is 28.8. The summed E-state index contributed by atoms with van der Waals surface area (Å²) >= 11 is 0. The Kier molecular flexibility index (Phi) is 3.82. The van der Waals surface area contributed by atoms with Crippen LogP contribution in [-0.2, 0) is 0 Å². The van der Waals surface area contributed by atoms with Gasteiger partial charge in [0.2, 0.25) is 5.95 Å². The van der Waals surface area contributed by atoms with Gasteiger partial charge in [-0.2, -0.15) is 0 Å². The Bertz CT molecular complexity index is 883. The van der Waals surface area contributed by atoms with E-state index in [4.69, 9.17) is 0 Å². The molecule has 0 N–H and O–H groups in total. The number of aromatic nitrogens is 5. The summed E-state index contributed by atoms with van der Waals surface area (Å²) in [6.45, 7) is 6.06. The van der Waals surface area contributed by atoms with E-state index in [0.29, 0.717) is 6.04 Å². The number of anilines is 2. The van der Waals surface area contributed by atoms with Crippen LogP contribution >= 0.6 is 0 Å². The van der Waals surface area contributed by atoms with Gasteiger partial charge in [0.05, 0.1) is 11.7 Å². The fourth-order valence-electron chi connectivity index (χ4n) is 3.75. The first-order valence-corrected chi connectivity index (χ1v) is 8.94. The first-order chi connectivity index (χ1) is 12.9. The molecular formula is C18H20N8. The van der Waals surface area contributed by atoms with Crippen molar-refractivity contribution < 1.29 is 0 Å². The topological polar surface area (TPSA) is 74.2 Å². The Morgan fingerprint density at radius 3 is 2.46 bits per heavy atom. The molecule has 2 fully saturated rings. The molecule has 0 atom stereocenters. The minimum atomic E-state index is 0.584. The second kappa shape index (κ2) is 6.45. The van der Waals surface area contributed by atoms with Gasteiger partial charge in [0, 0.05) is 69.3 Å². The molecule has 0 radical (unpaired) electrons. The maximum Gasteiger partial charge on any atom is 0.225 e. The predicted octanol–water partition coefficient (Wildman–Crippen LogP) is 0.826. The zero-order chi connectivity index (χ0) is 17.3. The van der Waals surface area contributed by atoms with Crippen molar-refractivity contribution in [3.05, 3.63) is 43.2 Å². The molecule has 3 aromatic heterocycles. The number of fused-ring (bicyclic) bond motifs is 1. The zero-order valence-electron chi connectivity index (χ0n) is 14.4. The normalized spacial score (nSPS) is 18.9. The minimum Gasteiger partial charge on any atom is -0.353 e. The third kappa shape index (κ3) is 2.72. The Balaban J connectivity index is 1.21. The SMILES string of the molecule is c1cnc(N2CCN(C3CN(c4ncnc5cnccc45)C3)CC2)nc1. The molecule has 0 amide bonds. The molecule has 2 aliphatic heterocycles. The Labute approximate surface area is 151 Å². The molecule has 0 unspecified atom stereocenters. The largest absolute Gasteiger partial charge is 0.353 e. The van der Waals surface area contributed by atoms with Crippen LogP contribution in [-0.4, -0.2) is 75.1 Å². The molecule has 2 aliphatic rings. The van der Waals surface area contributed by atoms with Crippen molar-refractivity contribution in [1.29, 1.82) is 0 Å². The molecule has 26 heavy (non-hydrogen) atoms. The quantitative estimate of drug-likeness (QED) is 0.689. The number of hydrogen-bond acceptors (Lipinski definition) is 8. The standard InChI is InChI=1S/C18H20N8/c1-3-20-18(21-4-1)25-8-6-24(7-9-25)14-11-26(12-14)17-15-2-5-19-10-16(15)22-13-23-17/h1-5,10,13-14H,6-9,11-12H2. The second-order valence-corrected chi connectivity index (χ2v) is 6.72. The lowest BCUT2D eigenvalue weighted by molar-refractivity contribution is 0.156. The van der Waals surface area contributed by atoms with Crippen LogP contribution in [0.2, 0.25) is 0 Å². The van der Waals surface area contributed by atoms with Crippen molar-refractivity contribution in [2.45, 2.75) is 6.04 Å². The number of hydrogen-bond donors (Lipinski definition) is 0. The van der Waals surface area contributed by atoms with Gasteiger partial charge in [-0.25, -0.2) is 19.9 Å². The Morgan fingerprint density at radius 1 is 0.846 bits per heavy atom. The van der Waals surface area contributed by atoms with Crippen molar-refractivity contribution in [1.82, 2.24) is 29.8 Å². The van der Waals surface area contributed by atoms with Gasteiger partial charge < -0.3 is 9.80 Å². The van der Waals surface area contributed by atoms with Crippen molar-refractivity contribution in [2.75, 3.05) is 49.1 Å². The van der Waals surface area contributed by atoms with E-state index >= 15 is 0 Å². The number of piperazine rings is 1. The number of nitrogens with zero attached hydrogens (tertiary/aromatic N) is 8. The van der Waals surface area contributed by atoms with Gasteiger partial charge in [-0.05, 0) is 12.1 Å².